The third-order valence-electron chi connectivity index (χ3n) is 3.69. The summed E-state index contributed by atoms with van der Waals surface area (Å²) in [6, 6.07) is 11.1. The summed E-state index contributed by atoms with van der Waals surface area (Å²) in [4.78, 5) is 0. The molecule has 2 aromatic rings. The lowest BCUT2D eigenvalue weighted by molar-refractivity contribution is 0.275. The lowest BCUT2D eigenvalue weighted by Gasteiger charge is -2.08. The van der Waals surface area contributed by atoms with E-state index in [2.05, 4.69) is 17.4 Å². The normalized spacial score (nSPS) is 13.0. The highest BCUT2D eigenvalue weighted by Crippen LogP contribution is 2.25. The Morgan fingerprint density at radius 2 is 1.86 bits per heavy atom. The van der Waals surface area contributed by atoms with Gasteiger partial charge in [-0.3, -0.25) is 0 Å². The van der Waals surface area contributed by atoms with Gasteiger partial charge in [-0.25, -0.2) is 4.39 Å². The van der Waals surface area contributed by atoms with Crippen molar-refractivity contribution >= 4 is 0 Å². The van der Waals surface area contributed by atoms with E-state index in [1.54, 1.807) is 12.1 Å². The molecule has 110 valence electrons. The maximum Gasteiger partial charge on any atom is 0.128 e. The SMILES string of the molecule is OCc1cc(CNCc2ccc3c(c2)CCO3)ccc1F. The number of benzene rings is 2. The lowest BCUT2D eigenvalue weighted by Crippen LogP contribution is -2.13. The maximum absolute atomic E-state index is 13.3. The van der Waals surface area contributed by atoms with Gasteiger partial charge in [0.05, 0.1) is 13.2 Å². The molecular weight excluding hydrogens is 269 g/mol. The average molecular weight is 287 g/mol. The molecule has 0 amide bonds. The molecule has 0 saturated carbocycles. The van der Waals surface area contributed by atoms with Crippen LogP contribution in [0.4, 0.5) is 4.39 Å². The number of aliphatic hydroxyl groups excluding tert-OH is 1. The minimum atomic E-state index is -0.361. The Morgan fingerprint density at radius 3 is 2.67 bits per heavy atom. The van der Waals surface area contributed by atoms with Gasteiger partial charge in [0.25, 0.3) is 0 Å². The zero-order valence-electron chi connectivity index (χ0n) is 11.7. The number of fused-ring (bicyclic) bond motifs is 1. The van der Waals surface area contributed by atoms with Crippen molar-refractivity contribution in [2.45, 2.75) is 26.1 Å². The van der Waals surface area contributed by atoms with Crippen LogP contribution in [0.1, 0.15) is 22.3 Å². The van der Waals surface area contributed by atoms with Gasteiger partial charge in [0.15, 0.2) is 0 Å². The fourth-order valence-electron chi connectivity index (χ4n) is 2.56. The summed E-state index contributed by atoms with van der Waals surface area (Å²) < 4.78 is 18.8. The van der Waals surface area contributed by atoms with Crippen LogP contribution >= 0.6 is 0 Å². The van der Waals surface area contributed by atoms with E-state index in [1.807, 2.05) is 6.07 Å². The van der Waals surface area contributed by atoms with Crippen LogP contribution in [-0.2, 0) is 26.1 Å². The van der Waals surface area contributed by atoms with E-state index in [9.17, 15) is 4.39 Å². The molecule has 0 fully saturated rings. The first-order valence-electron chi connectivity index (χ1n) is 7.10. The van der Waals surface area contributed by atoms with Crippen molar-refractivity contribution in [3.05, 3.63) is 64.5 Å². The Bertz CT molecular complexity index is 632. The second kappa shape index (κ2) is 6.24. The van der Waals surface area contributed by atoms with E-state index >= 15 is 0 Å². The van der Waals surface area contributed by atoms with Gasteiger partial charge in [0, 0.05) is 25.1 Å². The number of hydrogen-bond donors (Lipinski definition) is 2. The number of ether oxygens (including phenoxy) is 1. The highest BCUT2D eigenvalue weighted by molar-refractivity contribution is 5.39. The molecule has 1 aliphatic rings. The molecule has 2 aromatic carbocycles. The summed E-state index contributed by atoms with van der Waals surface area (Å²) >= 11 is 0. The standard InChI is InChI=1S/C17H18FNO2/c18-16-3-1-12(8-15(16)11-20)9-19-10-13-2-4-17-14(7-13)5-6-21-17/h1-4,7-8,19-20H,5-6,9-11H2. The number of hydrogen-bond acceptors (Lipinski definition) is 3. The van der Waals surface area contributed by atoms with Gasteiger partial charge in [-0.15, -0.1) is 0 Å². The van der Waals surface area contributed by atoms with Crippen LogP contribution in [0.25, 0.3) is 0 Å². The first-order valence-corrected chi connectivity index (χ1v) is 7.10. The smallest absolute Gasteiger partial charge is 0.128 e. The molecule has 4 heteroatoms. The molecule has 1 heterocycles. The molecule has 0 bridgehead atoms. The van der Waals surface area contributed by atoms with Gasteiger partial charge >= 0.3 is 0 Å². The predicted molar refractivity (Wildman–Crippen MR) is 78.5 cm³/mol. The van der Waals surface area contributed by atoms with E-state index in [-0.39, 0.29) is 12.4 Å². The van der Waals surface area contributed by atoms with Gasteiger partial charge < -0.3 is 15.2 Å². The van der Waals surface area contributed by atoms with Crippen molar-refractivity contribution < 1.29 is 14.2 Å². The Morgan fingerprint density at radius 1 is 1.10 bits per heavy atom. The molecule has 0 unspecified atom stereocenters. The number of nitrogens with one attached hydrogen (secondary N) is 1. The third-order valence-corrected chi connectivity index (χ3v) is 3.69. The molecule has 0 radical (unpaired) electrons. The van der Waals surface area contributed by atoms with Crippen LogP contribution in [0.15, 0.2) is 36.4 Å². The zero-order valence-corrected chi connectivity index (χ0v) is 11.7. The first-order chi connectivity index (χ1) is 10.3. The summed E-state index contributed by atoms with van der Waals surface area (Å²) in [5.74, 6) is 0.629. The first kappa shape index (κ1) is 14.0. The molecule has 21 heavy (non-hydrogen) atoms. The minimum absolute atomic E-state index is 0.273. The monoisotopic (exact) mass is 287 g/mol. The van der Waals surface area contributed by atoms with Crippen molar-refractivity contribution in [2.24, 2.45) is 0 Å². The molecule has 2 N–H and O–H groups in total. The topological polar surface area (TPSA) is 41.5 Å². The van der Waals surface area contributed by atoms with E-state index in [1.165, 1.54) is 17.2 Å². The highest BCUT2D eigenvalue weighted by atomic mass is 19.1. The Hall–Kier alpha value is -1.91. The fourth-order valence-corrected chi connectivity index (χ4v) is 2.56. The summed E-state index contributed by atoms with van der Waals surface area (Å²) in [7, 11) is 0. The van der Waals surface area contributed by atoms with E-state index in [4.69, 9.17) is 9.84 Å². The maximum atomic E-state index is 13.3. The number of rotatable bonds is 5. The van der Waals surface area contributed by atoms with Crippen LogP contribution < -0.4 is 10.1 Å². The minimum Gasteiger partial charge on any atom is -0.493 e. The molecule has 0 aliphatic carbocycles. The van der Waals surface area contributed by atoms with Crippen LogP contribution in [0.5, 0.6) is 5.75 Å². The van der Waals surface area contributed by atoms with Crippen LogP contribution in [0, 0.1) is 5.82 Å². The summed E-state index contributed by atoms with van der Waals surface area (Å²) in [6.07, 6.45) is 0.973. The molecule has 0 saturated heterocycles. The highest BCUT2D eigenvalue weighted by Gasteiger charge is 2.11. The van der Waals surface area contributed by atoms with Gasteiger partial charge in [0.2, 0.25) is 0 Å². The van der Waals surface area contributed by atoms with Gasteiger partial charge in [0.1, 0.15) is 11.6 Å². The van der Waals surface area contributed by atoms with Crippen molar-refractivity contribution in [1.82, 2.24) is 5.32 Å². The Kier molecular flexibility index (Phi) is 4.18. The van der Waals surface area contributed by atoms with Crippen LogP contribution in [0.3, 0.4) is 0 Å². The molecule has 1 aliphatic heterocycles. The lowest BCUT2D eigenvalue weighted by atomic mass is 10.1. The molecule has 0 spiro atoms. The van der Waals surface area contributed by atoms with Crippen LogP contribution in [0.2, 0.25) is 0 Å². The summed E-state index contributed by atoms with van der Waals surface area (Å²) in [5.41, 5.74) is 3.77. The number of aliphatic hydroxyl groups is 1. The van der Waals surface area contributed by atoms with Gasteiger partial charge in [-0.1, -0.05) is 18.2 Å². The Labute approximate surface area is 123 Å². The van der Waals surface area contributed by atoms with Crippen molar-refractivity contribution in [2.75, 3.05) is 6.61 Å². The molecule has 0 atom stereocenters. The fraction of sp³-hybridized carbons (Fsp3) is 0.294. The van der Waals surface area contributed by atoms with Crippen LogP contribution in [-0.4, -0.2) is 11.7 Å². The summed E-state index contributed by atoms with van der Waals surface area (Å²) in [5, 5.41) is 12.4. The van der Waals surface area contributed by atoms with Gasteiger partial charge in [-0.05, 0) is 34.9 Å². The van der Waals surface area contributed by atoms with Gasteiger partial charge in [-0.2, -0.15) is 0 Å². The molecule has 0 aromatic heterocycles. The average Bonchev–Trinajstić information content (AvgIpc) is 2.96. The van der Waals surface area contributed by atoms with Crippen molar-refractivity contribution in [3.63, 3.8) is 0 Å². The van der Waals surface area contributed by atoms with E-state index in [0.29, 0.717) is 12.1 Å². The van der Waals surface area contributed by atoms with Crippen molar-refractivity contribution in [1.29, 1.82) is 0 Å². The second-order valence-electron chi connectivity index (χ2n) is 5.23. The third kappa shape index (κ3) is 3.23. The largest absolute Gasteiger partial charge is 0.493 e. The second-order valence-corrected chi connectivity index (χ2v) is 5.23. The Balaban J connectivity index is 1.58. The molecule has 3 nitrogen and oxygen atoms in total. The quantitative estimate of drug-likeness (QED) is 0.888. The van der Waals surface area contributed by atoms with E-state index < -0.39 is 0 Å². The molecule has 3 rings (SSSR count). The van der Waals surface area contributed by atoms with E-state index in [0.717, 1.165) is 30.9 Å². The van der Waals surface area contributed by atoms with Crippen molar-refractivity contribution in [3.8, 4) is 5.75 Å². The zero-order chi connectivity index (χ0) is 14.7. The summed E-state index contributed by atoms with van der Waals surface area (Å²) in [6.45, 7) is 1.89. The predicted octanol–water partition coefficient (Wildman–Crippen LogP) is 2.54. The number of halogens is 1. The molecular formula is C17H18FNO2.